The van der Waals surface area contributed by atoms with Crippen LogP contribution in [0.3, 0.4) is 0 Å². The molecule has 0 unspecified atom stereocenters. The van der Waals surface area contributed by atoms with Crippen LogP contribution >= 0.6 is 0 Å². The zero-order valence-corrected chi connectivity index (χ0v) is 17.8. The number of nitrogens with zero attached hydrogens (tertiary/aromatic N) is 5. The van der Waals surface area contributed by atoms with Crippen molar-refractivity contribution < 1.29 is 8.94 Å². The van der Waals surface area contributed by atoms with Crippen LogP contribution in [0.25, 0.3) is 0 Å². The van der Waals surface area contributed by atoms with Gasteiger partial charge in [-0.2, -0.15) is 10.1 Å². The Morgan fingerprint density at radius 2 is 1.54 bits per heavy atom. The maximum absolute atomic E-state index is 4.97. The number of nitrogens with one attached hydrogen (secondary N) is 2. The molecule has 4 aromatic rings. The molecule has 28 heavy (non-hydrogen) atoms. The molecule has 2 N–H and O–H groups in total. The first-order valence-electron chi connectivity index (χ1n) is 8.78. The lowest BCUT2D eigenvalue weighted by Crippen LogP contribution is -1.70. The Labute approximate surface area is 165 Å². The molecule has 0 aliphatic heterocycles. The molecule has 0 aliphatic carbocycles. The number of aromatic nitrogens is 7. The van der Waals surface area contributed by atoms with E-state index in [1.165, 1.54) is 0 Å². The summed E-state index contributed by atoms with van der Waals surface area (Å²) in [6.45, 7) is 15.1. The number of aryl methyl sites for hydroxylation is 8. The Morgan fingerprint density at radius 1 is 0.821 bits per heavy atom. The van der Waals surface area contributed by atoms with E-state index in [4.69, 9.17) is 4.42 Å². The summed E-state index contributed by atoms with van der Waals surface area (Å²) >= 11 is 0. The van der Waals surface area contributed by atoms with Crippen molar-refractivity contribution in [2.24, 2.45) is 0 Å². The maximum atomic E-state index is 4.97. The lowest BCUT2D eigenvalue weighted by atomic mass is 10.4. The highest BCUT2D eigenvalue weighted by molar-refractivity contribution is 5.03. The zero-order chi connectivity index (χ0) is 21.1. The number of rotatable bonds is 0. The van der Waals surface area contributed by atoms with Crippen molar-refractivity contribution in [3.05, 3.63) is 64.7 Å². The second-order valence-corrected chi connectivity index (χ2v) is 6.19. The first-order valence-corrected chi connectivity index (χ1v) is 8.78. The topological polar surface area (TPSA) is 122 Å². The van der Waals surface area contributed by atoms with Crippen LogP contribution in [-0.4, -0.2) is 35.3 Å². The van der Waals surface area contributed by atoms with Crippen LogP contribution in [0.2, 0.25) is 0 Å². The fourth-order valence-electron chi connectivity index (χ4n) is 1.97. The number of oxazole rings is 1. The normalized spacial score (nSPS) is 9.43. The van der Waals surface area contributed by atoms with Crippen molar-refractivity contribution in [3.8, 4) is 0 Å². The standard InChI is InChI=1S/2C5H8N2.C5H7NO.C4H6N2O/c1-4-3-6-5(2)7-4;1-4-3-5(2)7-6-4;1-4-3-6-5(2)7-4;1-3-5-4(2)7-6-3/h2*3H,1-2H3,(H,6,7);3H,1-2H3;1-2H3. The summed E-state index contributed by atoms with van der Waals surface area (Å²) in [6, 6.07) is 2.00. The van der Waals surface area contributed by atoms with Crippen molar-refractivity contribution in [3.63, 3.8) is 0 Å². The van der Waals surface area contributed by atoms with E-state index >= 15 is 0 Å². The van der Waals surface area contributed by atoms with Gasteiger partial charge in [-0.15, -0.1) is 0 Å². The molecule has 0 radical (unpaired) electrons. The Bertz CT molecular complexity index is 715. The molecular weight excluding hydrogens is 358 g/mol. The molecule has 0 amide bonds. The average molecular weight is 387 g/mol. The van der Waals surface area contributed by atoms with Gasteiger partial charge in [-0.05, 0) is 47.6 Å². The molecule has 4 heterocycles. The minimum Gasteiger partial charge on any atom is -0.446 e. The van der Waals surface area contributed by atoms with Gasteiger partial charge in [0.1, 0.15) is 11.6 Å². The van der Waals surface area contributed by atoms with Crippen LogP contribution in [0.5, 0.6) is 0 Å². The van der Waals surface area contributed by atoms with Gasteiger partial charge in [0.15, 0.2) is 11.7 Å². The second kappa shape index (κ2) is 11.5. The molecule has 0 atom stereocenters. The van der Waals surface area contributed by atoms with Gasteiger partial charge in [0, 0.05) is 31.4 Å². The van der Waals surface area contributed by atoms with Crippen molar-refractivity contribution >= 4 is 0 Å². The minimum absolute atomic E-state index is 0.623. The zero-order valence-electron chi connectivity index (χ0n) is 17.8. The highest BCUT2D eigenvalue weighted by Gasteiger charge is 1.90. The van der Waals surface area contributed by atoms with Crippen molar-refractivity contribution in [1.29, 1.82) is 0 Å². The van der Waals surface area contributed by atoms with Gasteiger partial charge < -0.3 is 13.9 Å². The molecule has 4 rings (SSSR count). The Kier molecular flexibility index (Phi) is 9.35. The van der Waals surface area contributed by atoms with Crippen LogP contribution in [0, 0.1) is 55.4 Å². The van der Waals surface area contributed by atoms with Crippen LogP contribution in [-0.2, 0) is 0 Å². The molecule has 0 fully saturated rings. The lowest BCUT2D eigenvalue weighted by Gasteiger charge is -1.74. The van der Waals surface area contributed by atoms with E-state index in [0.29, 0.717) is 11.7 Å². The second-order valence-electron chi connectivity index (χ2n) is 6.19. The summed E-state index contributed by atoms with van der Waals surface area (Å²) in [6.07, 6.45) is 3.52. The monoisotopic (exact) mass is 387 g/mol. The summed E-state index contributed by atoms with van der Waals surface area (Å²) in [5.74, 6) is 3.91. The predicted molar refractivity (Wildman–Crippen MR) is 106 cm³/mol. The van der Waals surface area contributed by atoms with Crippen LogP contribution in [0.15, 0.2) is 27.4 Å². The number of imidazole rings is 1. The smallest absolute Gasteiger partial charge is 0.223 e. The van der Waals surface area contributed by atoms with Crippen molar-refractivity contribution in [1.82, 2.24) is 35.3 Å². The maximum Gasteiger partial charge on any atom is 0.223 e. The van der Waals surface area contributed by atoms with Gasteiger partial charge in [-0.25, -0.2) is 9.97 Å². The molecule has 0 saturated heterocycles. The highest BCUT2D eigenvalue weighted by Crippen LogP contribution is 1.97. The van der Waals surface area contributed by atoms with Gasteiger partial charge in [0.25, 0.3) is 0 Å². The summed E-state index contributed by atoms with van der Waals surface area (Å²) in [5.41, 5.74) is 3.30. The third-order valence-electron chi connectivity index (χ3n) is 3.03. The third kappa shape index (κ3) is 10.0. The van der Waals surface area contributed by atoms with Gasteiger partial charge in [0.2, 0.25) is 5.89 Å². The number of aromatic amines is 2. The van der Waals surface area contributed by atoms with Crippen LogP contribution in [0.4, 0.5) is 0 Å². The summed E-state index contributed by atoms with van der Waals surface area (Å²) in [5, 5.41) is 10.2. The molecule has 152 valence electrons. The molecule has 0 aromatic carbocycles. The van der Waals surface area contributed by atoms with Gasteiger partial charge in [-0.1, -0.05) is 5.16 Å². The fraction of sp³-hybridized carbons (Fsp3) is 0.421. The molecule has 9 heteroatoms. The third-order valence-corrected chi connectivity index (χ3v) is 3.03. The van der Waals surface area contributed by atoms with Crippen molar-refractivity contribution in [2.45, 2.75) is 55.4 Å². The Morgan fingerprint density at radius 3 is 1.68 bits per heavy atom. The molecule has 9 nitrogen and oxygen atoms in total. The first-order chi connectivity index (χ1) is 13.2. The Balaban J connectivity index is 0.000000187. The van der Waals surface area contributed by atoms with E-state index in [2.05, 4.69) is 39.8 Å². The van der Waals surface area contributed by atoms with E-state index in [-0.39, 0.29) is 0 Å². The minimum atomic E-state index is 0.623. The number of H-pyrrole nitrogens is 2. The molecular formula is C19H29N7O2. The van der Waals surface area contributed by atoms with Crippen molar-refractivity contribution in [2.75, 3.05) is 0 Å². The van der Waals surface area contributed by atoms with E-state index in [9.17, 15) is 0 Å². The van der Waals surface area contributed by atoms with E-state index in [1.54, 1.807) is 20.0 Å². The lowest BCUT2D eigenvalue weighted by molar-refractivity contribution is 0.389. The summed E-state index contributed by atoms with van der Waals surface area (Å²) in [7, 11) is 0. The SMILES string of the molecule is Cc1cc(C)[nH]n1.Cc1cnc(C)[nH]1.Cc1cnc(C)o1.Cc1noc(C)n1. The molecule has 0 bridgehead atoms. The van der Waals surface area contributed by atoms with Gasteiger partial charge >= 0.3 is 0 Å². The molecule has 0 saturated carbocycles. The quantitative estimate of drug-likeness (QED) is 0.467. The van der Waals surface area contributed by atoms with Gasteiger partial charge in [0.05, 0.1) is 11.9 Å². The Hall–Kier alpha value is -3.23. The first kappa shape index (κ1) is 22.8. The summed E-state index contributed by atoms with van der Waals surface area (Å²) in [4.78, 5) is 14.7. The highest BCUT2D eigenvalue weighted by atomic mass is 16.5. The average Bonchev–Trinajstić information content (AvgIpc) is 3.37. The van der Waals surface area contributed by atoms with Crippen LogP contribution < -0.4 is 0 Å². The molecule has 0 spiro atoms. The molecule has 0 aliphatic rings. The van der Waals surface area contributed by atoms with Gasteiger partial charge in [-0.3, -0.25) is 5.10 Å². The van der Waals surface area contributed by atoms with E-state index < -0.39 is 0 Å². The summed E-state index contributed by atoms with van der Waals surface area (Å²) < 4.78 is 9.58. The largest absolute Gasteiger partial charge is 0.446 e. The predicted octanol–water partition coefficient (Wildman–Crippen LogP) is 4.03. The molecule has 4 aromatic heterocycles. The van der Waals surface area contributed by atoms with Crippen LogP contribution in [0.1, 0.15) is 46.3 Å². The van der Waals surface area contributed by atoms with E-state index in [1.807, 2.05) is 53.8 Å². The number of hydrogen-bond donors (Lipinski definition) is 2. The fourth-order valence-corrected chi connectivity index (χ4v) is 1.97. The number of hydrogen-bond acceptors (Lipinski definition) is 7. The van der Waals surface area contributed by atoms with E-state index in [0.717, 1.165) is 34.6 Å².